The Morgan fingerprint density at radius 3 is 3.05 bits per heavy atom. The number of hydrogen-bond acceptors (Lipinski definition) is 2. The molecule has 1 aromatic heterocycles. The Balaban J connectivity index is 1.90. The van der Waals surface area contributed by atoms with Crippen molar-refractivity contribution >= 4 is 16.8 Å². The Bertz CT molecular complexity index is 831. The second-order valence-electron chi connectivity index (χ2n) is 6.92. The van der Waals surface area contributed by atoms with Gasteiger partial charge in [-0.2, -0.15) is 0 Å². The highest BCUT2D eigenvalue weighted by atomic mass is 16.2. The summed E-state index contributed by atoms with van der Waals surface area (Å²) in [7, 11) is 0. The average Bonchev–Trinajstić information content (AvgIpc) is 2.89. The van der Waals surface area contributed by atoms with Crippen molar-refractivity contribution in [1.29, 1.82) is 0 Å². The Morgan fingerprint density at radius 1 is 1.32 bits per heavy atom. The average molecular weight is 292 g/mol. The van der Waals surface area contributed by atoms with Gasteiger partial charge in [0.05, 0.1) is 11.6 Å². The molecule has 0 radical (unpaired) electrons. The summed E-state index contributed by atoms with van der Waals surface area (Å²) in [5.74, 6) is 0.268. The van der Waals surface area contributed by atoms with E-state index in [-0.39, 0.29) is 11.3 Å². The molecule has 2 aromatic rings. The number of benzene rings is 1. The SMILES string of the molecule is CCC12C=CCN3CCc4c(n(c5ccccc45)C(=O)C1)C32. The molecule has 3 aliphatic rings. The third kappa shape index (κ3) is 1.33. The second kappa shape index (κ2) is 4.11. The van der Waals surface area contributed by atoms with Gasteiger partial charge in [0.25, 0.3) is 0 Å². The van der Waals surface area contributed by atoms with Gasteiger partial charge in [0.2, 0.25) is 5.91 Å². The second-order valence-corrected chi connectivity index (χ2v) is 6.92. The van der Waals surface area contributed by atoms with Crippen molar-refractivity contribution in [3.05, 3.63) is 47.7 Å². The van der Waals surface area contributed by atoms with Crippen molar-refractivity contribution in [3.63, 3.8) is 0 Å². The molecule has 3 nitrogen and oxygen atoms in total. The van der Waals surface area contributed by atoms with Gasteiger partial charge in [0.1, 0.15) is 0 Å². The molecule has 0 saturated carbocycles. The van der Waals surface area contributed by atoms with Crippen LogP contribution in [0.15, 0.2) is 36.4 Å². The van der Waals surface area contributed by atoms with Crippen molar-refractivity contribution in [3.8, 4) is 0 Å². The van der Waals surface area contributed by atoms with E-state index >= 15 is 0 Å². The Labute approximate surface area is 130 Å². The van der Waals surface area contributed by atoms with Gasteiger partial charge < -0.3 is 0 Å². The van der Waals surface area contributed by atoms with E-state index in [1.54, 1.807) is 0 Å². The summed E-state index contributed by atoms with van der Waals surface area (Å²) in [6.07, 6.45) is 7.32. The van der Waals surface area contributed by atoms with Crippen LogP contribution in [-0.2, 0) is 6.42 Å². The lowest BCUT2D eigenvalue weighted by Crippen LogP contribution is -2.51. The molecule has 2 unspecified atom stereocenters. The lowest BCUT2D eigenvalue weighted by Gasteiger charge is -2.51. The van der Waals surface area contributed by atoms with Crippen LogP contribution >= 0.6 is 0 Å². The number of fused-ring (bicyclic) bond motifs is 3. The molecule has 112 valence electrons. The summed E-state index contributed by atoms with van der Waals surface area (Å²) in [4.78, 5) is 15.6. The number of para-hydroxylation sites is 1. The lowest BCUT2D eigenvalue weighted by molar-refractivity contribution is 0.0405. The summed E-state index contributed by atoms with van der Waals surface area (Å²) in [5, 5.41) is 1.28. The molecule has 0 saturated heterocycles. The first-order valence-electron chi connectivity index (χ1n) is 8.32. The minimum absolute atomic E-state index is 0.00508. The quantitative estimate of drug-likeness (QED) is 0.751. The molecule has 0 aliphatic carbocycles. The Morgan fingerprint density at radius 2 is 2.18 bits per heavy atom. The first kappa shape index (κ1) is 12.7. The molecule has 22 heavy (non-hydrogen) atoms. The zero-order valence-electron chi connectivity index (χ0n) is 12.9. The standard InChI is InChI=1S/C19H20N2O/c1-2-19-9-5-10-20-11-8-14-13-6-3-4-7-15(13)21(16(22)12-19)17(14)18(19)20/h3-7,9,18H,2,8,10-12H2,1H3. The van der Waals surface area contributed by atoms with Gasteiger partial charge in [-0.05, 0) is 24.5 Å². The van der Waals surface area contributed by atoms with Gasteiger partial charge in [0.15, 0.2) is 0 Å². The van der Waals surface area contributed by atoms with Gasteiger partial charge in [-0.3, -0.25) is 14.3 Å². The van der Waals surface area contributed by atoms with Crippen LogP contribution in [-0.4, -0.2) is 28.5 Å². The fraction of sp³-hybridized carbons (Fsp3) is 0.421. The molecule has 0 N–H and O–H groups in total. The first-order chi connectivity index (χ1) is 10.7. The molecule has 4 heterocycles. The summed E-state index contributed by atoms with van der Waals surface area (Å²) >= 11 is 0. The van der Waals surface area contributed by atoms with E-state index in [1.807, 2.05) is 10.6 Å². The highest BCUT2D eigenvalue weighted by Gasteiger charge is 2.51. The van der Waals surface area contributed by atoms with Gasteiger partial charge in [-0.15, -0.1) is 0 Å². The number of aromatic nitrogens is 1. The van der Waals surface area contributed by atoms with Crippen LogP contribution in [0.25, 0.3) is 10.9 Å². The summed E-state index contributed by atoms with van der Waals surface area (Å²) in [6.45, 7) is 4.35. The third-order valence-corrected chi connectivity index (χ3v) is 6.02. The van der Waals surface area contributed by atoms with E-state index in [9.17, 15) is 4.79 Å². The molecular formula is C19H20N2O. The molecule has 0 amide bonds. The highest BCUT2D eigenvalue weighted by Crippen LogP contribution is 2.54. The van der Waals surface area contributed by atoms with E-state index in [0.29, 0.717) is 12.5 Å². The lowest BCUT2D eigenvalue weighted by atomic mass is 9.67. The number of carbonyl (C=O) groups is 1. The minimum atomic E-state index is -0.00508. The Hall–Kier alpha value is -1.87. The maximum absolute atomic E-state index is 13.0. The fourth-order valence-corrected chi connectivity index (χ4v) is 5.00. The van der Waals surface area contributed by atoms with E-state index in [4.69, 9.17) is 0 Å². The van der Waals surface area contributed by atoms with Crippen molar-refractivity contribution in [2.45, 2.75) is 32.2 Å². The van der Waals surface area contributed by atoms with E-state index in [2.05, 4.69) is 42.2 Å². The molecule has 0 spiro atoms. The van der Waals surface area contributed by atoms with Gasteiger partial charge in [-0.25, -0.2) is 0 Å². The Kier molecular flexibility index (Phi) is 2.36. The zero-order chi connectivity index (χ0) is 14.9. The number of hydrogen-bond donors (Lipinski definition) is 0. The first-order valence-corrected chi connectivity index (χ1v) is 8.32. The predicted octanol–water partition coefficient (Wildman–Crippen LogP) is 3.55. The highest BCUT2D eigenvalue weighted by molar-refractivity contribution is 5.98. The molecular weight excluding hydrogens is 272 g/mol. The molecule has 0 fully saturated rings. The van der Waals surface area contributed by atoms with Crippen LogP contribution in [0.3, 0.4) is 0 Å². The van der Waals surface area contributed by atoms with Crippen LogP contribution in [0.2, 0.25) is 0 Å². The van der Waals surface area contributed by atoms with Crippen LogP contribution in [0.4, 0.5) is 0 Å². The monoisotopic (exact) mass is 292 g/mol. The normalized spacial score (nSPS) is 29.9. The van der Waals surface area contributed by atoms with Crippen molar-refractivity contribution in [2.75, 3.05) is 13.1 Å². The van der Waals surface area contributed by atoms with E-state index in [1.165, 1.54) is 16.6 Å². The van der Waals surface area contributed by atoms with E-state index < -0.39 is 0 Å². The van der Waals surface area contributed by atoms with Gasteiger partial charge in [-0.1, -0.05) is 37.3 Å². The van der Waals surface area contributed by atoms with Crippen LogP contribution < -0.4 is 0 Å². The predicted molar refractivity (Wildman–Crippen MR) is 87.1 cm³/mol. The van der Waals surface area contributed by atoms with Crippen LogP contribution in [0.1, 0.15) is 41.9 Å². The smallest absolute Gasteiger partial charge is 0.232 e. The molecule has 1 aromatic carbocycles. The largest absolute Gasteiger partial charge is 0.290 e. The molecule has 3 heteroatoms. The maximum atomic E-state index is 13.0. The summed E-state index contributed by atoms with van der Waals surface area (Å²) in [6, 6.07) is 8.80. The number of nitrogens with zero attached hydrogens (tertiary/aromatic N) is 2. The van der Waals surface area contributed by atoms with Crippen molar-refractivity contribution < 1.29 is 4.79 Å². The fourth-order valence-electron chi connectivity index (χ4n) is 5.00. The van der Waals surface area contributed by atoms with Gasteiger partial charge in [0, 0.05) is 36.0 Å². The summed E-state index contributed by atoms with van der Waals surface area (Å²) in [5.41, 5.74) is 3.81. The molecule has 5 rings (SSSR count). The van der Waals surface area contributed by atoms with Crippen molar-refractivity contribution in [1.82, 2.24) is 9.47 Å². The third-order valence-electron chi connectivity index (χ3n) is 6.02. The number of carbonyl (C=O) groups excluding carboxylic acids is 1. The topological polar surface area (TPSA) is 25.2 Å². The number of rotatable bonds is 1. The van der Waals surface area contributed by atoms with Crippen LogP contribution in [0, 0.1) is 5.41 Å². The van der Waals surface area contributed by atoms with Gasteiger partial charge >= 0.3 is 0 Å². The zero-order valence-corrected chi connectivity index (χ0v) is 12.9. The van der Waals surface area contributed by atoms with Crippen molar-refractivity contribution in [2.24, 2.45) is 5.41 Å². The summed E-state index contributed by atoms with van der Waals surface area (Å²) < 4.78 is 2.04. The maximum Gasteiger partial charge on any atom is 0.232 e. The molecule has 0 bridgehead atoms. The van der Waals surface area contributed by atoms with E-state index in [0.717, 1.165) is 31.4 Å². The minimum Gasteiger partial charge on any atom is -0.290 e. The van der Waals surface area contributed by atoms with Crippen LogP contribution in [0.5, 0.6) is 0 Å². The molecule has 3 aliphatic heterocycles. The molecule has 2 atom stereocenters.